The predicted octanol–water partition coefficient (Wildman–Crippen LogP) is 0.855. The van der Waals surface area contributed by atoms with Crippen LogP contribution in [0.15, 0.2) is 30.3 Å². The number of rotatable bonds is 6. The van der Waals surface area contributed by atoms with Crippen molar-refractivity contribution in [3.8, 4) is 5.75 Å². The van der Waals surface area contributed by atoms with Gasteiger partial charge in [0, 0.05) is 0 Å². The molecule has 2 N–H and O–H groups in total. The summed E-state index contributed by atoms with van der Waals surface area (Å²) in [6.45, 7) is 5.17. The lowest BCUT2D eigenvalue weighted by Gasteiger charge is -2.27. The summed E-state index contributed by atoms with van der Waals surface area (Å²) in [7, 11) is 0. The van der Waals surface area contributed by atoms with Crippen LogP contribution in [0.1, 0.15) is 34.8 Å². The molecule has 0 spiro atoms. The van der Waals surface area contributed by atoms with Gasteiger partial charge in [-0.3, -0.25) is 9.59 Å². The van der Waals surface area contributed by atoms with Crippen LogP contribution >= 0.6 is 0 Å². The van der Waals surface area contributed by atoms with Crippen LogP contribution in [-0.4, -0.2) is 46.0 Å². The summed E-state index contributed by atoms with van der Waals surface area (Å²) in [4.78, 5) is 24.6. The minimum Gasteiger partial charge on any atom is -0.492 e. The van der Waals surface area contributed by atoms with Gasteiger partial charge in [0.25, 0.3) is 11.8 Å². The Morgan fingerprint density at radius 3 is 2.88 bits per heavy atom. The first-order valence-electron chi connectivity index (χ1n) is 8.26. The average molecular weight is 343 g/mol. The van der Waals surface area contributed by atoms with E-state index in [1.54, 1.807) is 0 Å². The molecule has 0 aliphatic carbocycles. The van der Waals surface area contributed by atoms with Crippen LogP contribution in [0.2, 0.25) is 0 Å². The van der Waals surface area contributed by atoms with Gasteiger partial charge in [0.1, 0.15) is 12.4 Å². The van der Waals surface area contributed by atoms with Crippen LogP contribution in [0.3, 0.4) is 0 Å². The summed E-state index contributed by atoms with van der Waals surface area (Å²) in [5.41, 5.74) is 0.248. The third-order valence-electron chi connectivity index (χ3n) is 4.06. The summed E-state index contributed by atoms with van der Waals surface area (Å²) >= 11 is 0. The Bertz CT molecular complexity index is 757. The Morgan fingerprint density at radius 1 is 1.40 bits per heavy atom. The van der Waals surface area contributed by atoms with Gasteiger partial charge >= 0.3 is 0 Å². The molecule has 25 heavy (non-hydrogen) atoms. The summed E-state index contributed by atoms with van der Waals surface area (Å²) in [6.07, 6.45) is 0. The van der Waals surface area contributed by atoms with Gasteiger partial charge in [-0.1, -0.05) is 37.3 Å². The molecule has 2 amide bonds. The highest BCUT2D eigenvalue weighted by molar-refractivity contribution is 6.05. The van der Waals surface area contributed by atoms with Crippen LogP contribution in [0.5, 0.6) is 5.75 Å². The summed E-state index contributed by atoms with van der Waals surface area (Å²) < 4.78 is 7.01. The minimum absolute atomic E-state index is 0.0168. The van der Waals surface area contributed by atoms with Crippen molar-refractivity contribution in [2.45, 2.75) is 26.4 Å². The molecule has 8 heteroatoms. The molecule has 132 valence electrons. The second-order valence-electron chi connectivity index (χ2n) is 6.21. The standard InChI is InChI=1S/C17H21N5O3/c1-11(2)13-10-22-15(17(24)19-13)14(20-21-22)16(23)18-8-9-25-12-6-4-3-5-7-12/h3-7,11,13H,8-10H2,1-2H3,(H,18,23)(H,19,24)/t13-/m1/s1. The SMILES string of the molecule is CC(C)[C@H]1Cn2nnc(C(=O)NCCOc3ccccc3)c2C(=O)N1. The molecule has 8 nitrogen and oxygen atoms in total. The van der Waals surface area contributed by atoms with Gasteiger partial charge in [-0.15, -0.1) is 5.10 Å². The number of aromatic nitrogens is 3. The van der Waals surface area contributed by atoms with E-state index in [1.165, 1.54) is 4.68 Å². The minimum atomic E-state index is -0.434. The van der Waals surface area contributed by atoms with Crippen LogP contribution < -0.4 is 15.4 Å². The second-order valence-corrected chi connectivity index (χ2v) is 6.21. The molecule has 0 saturated heterocycles. The van der Waals surface area contributed by atoms with Crippen molar-refractivity contribution in [3.63, 3.8) is 0 Å². The van der Waals surface area contributed by atoms with Crippen LogP contribution in [0.4, 0.5) is 0 Å². The maximum atomic E-state index is 12.3. The molecule has 1 aromatic carbocycles. The van der Waals surface area contributed by atoms with Gasteiger partial charge in [-0.2, -0.15) is 0 Å². The Balaban J connectivity index is 1.58. The lowest BCUT2D eigenvalue weighted by Crippen LogP contribution is -2.48. The monoisotopic (exact) mass is 343 g/mol. The maximum absolute atomic E-state index is 12.3. The zero-order valence-electron chi connectivity index (χ0n) is 14.2. The van der Waals surface area contributed by atoms with Crippen molar-refractivity contribution in [2.75, 3.05) is 13.2 Å². The van der Waals surface area contributed by atoms with E-state index in [1.807, 2.05) is 44.2 Å². The molecule has 0 radical (unpaired) electrons. The second kappa shape index (κ2) is 7.33. The van der Waals surface area contributed by atoms with Gasteiger partial charge in [0.05, 0.1) is 19.1 Å². The quantitative estimate of drug-likeness (QED) is 0.758. The molecule has 1 atom stereocenters. The molecule has 1 aliphatic heterocycles. The zero-order valence-corrected chi connectivity index (χ0v) is 14.2. The molecule has 0 bridgehead atoms. The fourth-order valence-electron chi connectivity index (χ4n) is 2.60. The fourth-order valence-corrected chi connectivity index (χ4v) is 2.60. The number of fused-ring (bicyclic) bond motifs is 1. The van der Waals surface area contributed by atoms with Gasteiger partial charge in [0.15, 0.2) is 11.4 Å². The van der Waals surface area contributed by atoms with Crippen LogP contribution in [0.25, 0.3) is 0 Å². The first-order valence-corrected chi connectivity index (χ1v) is 8.26. The lowest BCUT2D eigenvalue weighted by molar-refractivity contribution is 0.0861. The van der Waals surface area contributed by atoms with E-state index in [-0.39, 0.29) is 29.3 Å². The number of amides is 2. The van der Waals surface area contributed by atoms with Crippen molar-refractivity contribution in [1.82, 2.24) is 25.6 Å². The van der Waals surface area contributed by atoms with E-state index in [4.69, 9.17) is 4.74 Å². The number of benzene rings is 1. The van der Waals surface area contributed by atoms with E-state index in [2.05, 4.69) is 20.9 Å². The Kier molecular flexibility index (Phi) is 4.97. The van der Waals surface area contributed by atoms with Crippen molar-refractivity contribution in [1.29, 1.82) is 0 Å². The Hall–Kier alpha value is -2.90. The number of carbonyl (C=O) groups is 2. The molecule has 0 saturated carbocycles. The van der Waals surface area contributed by atoms with Gasteiger partial charge in [0.2, 0.25) is 0 Å². The number of nitrogens with zero attached hydrogens (tertiary/aromatic N) is 3. The molecule has 3 rings (SSSR count). The van der Waals surface area contributed by atoms with Crippen molar-refractivity contribution in [2.24, 2.45) is 5.92 Å². The normalized spacial score (nSPS) is 16.3. The number of hydrogen-bond donors (Lipinski definition) is 2. The highest BCUT2D eigenvalue weighted by atomic mass is 16.5. The van der Waals surface area contributed by atoms with E-state index >= 15 is 0 Å². The maximum Gasteiger partial charge on any atom is 0.274 e. The molecular weight excluding hydrogens is 322 g/mol. The van der Waals surface area contributed by atoms with Crippen molar-refractivity contribution < 1.29 is 14.3 Å². The third kappa shape index (κ3) is 3.78. The predicted molar refractivity (Wildman–Crippen MR) is 90.4 cm³/mol. The first kappa shape index (κ1) is 16.9. The third-order valence-corrected chi connectivity index (χ3v) is 4.06. The van der Waals surface area contributed by atoms with E-state index in [9.17, 15) is 9.59 Å². The van der Waals surface area contributed by atoms with Gasteiger partial charge < -0.3 is 15.4 Å². The number of para-hydroxylation sites is 1. The summed E-state index contributed by atoms with van der Waals surface area (Å²) in [5.74, 6) is 0.252. The van der Waals surface area contributed by atoms with Crippen LogP contribution in [-0.2, 0) is 6.54 Å². The molecule has 1 aliphatic rings. The van der Waals surface area contributed by atoms with Gasteiger partial charge in [-0.05, 0) is 18.1 Å². The Morgan fingerprint density at radius 2 is 2.16 bits per heavy atom. The number of ether oxygens (including phenoxy) is 1. The zero-order chi connectivity index (χ0) is 17.8. The largest absolute Gasteiger partial charge is 0.492 e. The summed E-state index contributed by atoms with van der Waals surface area (Å²) in [5, 5.41) is 13.4. The van der Waals surface area contributed by atoms with E-state index in [0.29, 0.717) is 19.7 Å². The number of carbonyl (C=O) groups excluding carboxylic acids is 2. The highest BCUT2D eigenvalue weighted by Gasteiger charge is 2.32. The van der Waals surface area contributed by atoms with Gasteiger partial charge in [-0.25, -0.2) is 4.68 Å². The lowest BCUT2D eigenvalue weighted by atomic mass is 10.0. The smallest absolute Gasteiger partial charge is 0.274 e. The van der Waals surface area contributed by atoms with E-state index in [0.717, 1.165) is 5.75 Å². The molecule has 2 heterocycles. The topological polar surface area (TPSA) is 98.1 Å². The van der Waals surface area contributed by atoms with E-state index < -0.39 is 5.91 Å². The Labute approximate surface area is 145 Å². The fraction of sp³-hybridized carbons (Fsp3) is 0.412. The van der Waals surface area contributed by atoms with Crippen molar-refractivity contribution in [3.05, 3.63) is 41.7 Å². The first-order chi connectivity index (χ1) is 12.1. The van der Waals surface area contributed by atoms with Crippen molar-refractivity contribution >= 4 is 11.8 Å². The molecule has 2 aromatic rings. The number of hydrogen-bond acceptors (Lipinski definition) is 5. The average Bonchev–Trinajstić information content (AvgIpc) is 3.04. The highest BCUT2D eigenvalue weighted by Crippen LogP contribution is 2.15. The molecule has 0 unspecified atom stereocenters. The summed E-state index contributed by atoms with van der Waals surface area (Å²) in [6, 6.07) is 9.31. The number of nitrogens with one attached hydrogen (secondary N) is 2. The molecular formula is C17H21N5O3. The molecule has 1 aromatic heterocycles. The molecule has 0 fully saturated rings. The van der Waals surface area contributed by atoms with Crippen LogP contribution in [0, 0.1) is 5.92 Å².